The summed E-state index contributed by atoms with van der Waals surface area (Å²) in [5.74, 6) is 1.51. The molecule has 2 heterocycles. The van der Waals surface area contributed by atoms with Crippen LogP contribution in [0.4, 0.5) is 5.82 Å². The van der Waals surface area contributed by atoms with Gasteiger partial charge in [-0.05, 0) is 25.5 Å². The number of nitrogens with one attached hydrogen (secondary N) is 1. The summed E-state index contributed by atoms with van der Waals surface area (Å²) >= 11 is 0. The van der Waals surface area contributed by atoms with E-state index in [1.54, 1.807) is 13.3 Å². The molecule has 19 heavy (non-hydrogen) atoms. The molecule has 2 aromatic rings. The van der Waals surface area contributed by atoms with Crippen molar-refractivity contribution in [2.24, 2.45) is 0 Å². The predicted octanol–water partition coefficient (Wildman–Crippen LogP) is 2.43. The van der Waals surface area contributed by atoms with Gasteiger partial charge in [0, 0.05) is 37.7 Å². The normalized spacial score (nSPS) is 10.5. The first-order valence-corrected chi connectivity index (χ1v) is 6.26. The summed E-state index contributed by atoms with van der Waals surface area (Å²) in [4.78, 5) is 13.2. The van der Waals surface area contributed by atoms with Crippen molar-refractivity contribution >= 4 is 5.82 Å². The molecular formula is C14H18N4O. The lowest BCUT2D eigenvalue weighted by Crippen LogP contribution is -2.05. The van der Waals surface area contributed by atoms with Gasteiger partial charge in [0.15, 0.2) is 5.82 Å². The van der Waals surface area contributed by atoms with Crippen molar-refractivity contribution < 1.29 is 4.74 Å². The van der Waals surface area contributed by atoms with Crippen LogP contribution in [0.3, 0.4) is 0 Å². The molecule has 0 aliphatic rings. The van der Waals surface area contributed by atoms with E-state index < -0.39 is 0 Å². The zero-order chi connectivity index (χ0) is 13.7. The molecule has 0 aromatic carbocycles. The maximum Gasteiger partial charge on any atom is 0.162 e. The highest BCUT2D eigenvalue weighted by molar-refractivity contribution is 5.60. The summed E-state index contributed by atoms with van der Waals surface area (Å²) < 4.78 is 5.15. The van der Waals surface area contributed by atoms with Crippen molar-refractivity contribution in [1.82, 2.24) is 15.0 Å². The van der Waals surface area contributed by atoms with Crippen LogP contribution in [0, 0.1) is 6.92 Å². The first-order valence-electron chi connectivity index (χ1n) is 6.26. The highest BCUT2D eigenvalue weighted by atomic mass is 16.5. The van der Waals surface area contributed by atoms with Gasteiger partial charge in [0.2, 0.25) is 0 Å². The monoisotopic (exact) mass is 258 g/mol. The minimum Gasteiger partial charge on any atom is -0.378 e. The molecule has 2 aromatic heterocycles. The van der Waals surface area contributed by atoms with Crippen LogP contribution in [-0.2, 0) is 11.3 Å². The van der Waals surface area contributed by atoms with Crippen LogP contribution in [0.15, 0.2) is 24.5 Å². The van der Waals surface area contributed by atoms with Crippen LogP contribution in [0.5, 0.6) is 0 Å². The Morgan fingerprint density at radius 2 is 2.16 bits per heavy atom. The van der Waals surface area contributed by atoms with Gasteiger partial charge >= 0.3 is 0 Å². The summed E-state index contributed by atoms with van der Waals surface area (Å²) in [6.45, 7) is 5.33. The van der Waals surface area contributed by atoms with Gasteiger partial charge in [-0.15, -0.1) is 0 Å². The first-order chi connectivity index (χ1) is 9.24. The maximum atomic E-state index is 5.15. The van der Waals surface area contributed by atoms with Crippen molar-refractivity contribution in [2.75, 3.05) is 19.0 Å². The number of nitrogens with zero attached hydrogens (tertiary/aromatic N) is 3. The number of aromatic nitrogens is 3. The van der Waals surface area contributed by atoms with Crippen molar-refractivity contribution in [2.45, 2.75) is 20.5 Å². The average molecular weight is 258 g/mol. The maximum absolute atomic E-state index is 5.15. The van der Waals surface area contributed by atoms with Crippen LogP contribution in [0.2, 0.25) is 0 Å². The lowest BCUT2D eigenvalue weighted by atomic mass is 10.1. The summed E-state index contributed by atoms with van der Waals surface area (Å²) in [7, 11) is 1.66. The predicted molar refractivity (Wildman–Crippen MR) is 74.9 cm³/mol. The smallest absolute Gasteiger partial charge is 0.162 e. The fourth-order valence-corrected chi connectivity index (χ4v) is 1.84. The second-order valence-electron chi connectivity index (χ2n) is 4.22. The quantitative estimate of drug-likeness (QED) is 0.892. The molecule has 0 saturated carbocycles. The van der Waals surface area contributed by atoms with Crippen molar-refractivity contribution in [1.29, 1.82) is 0 Å². The third-order valence-corrected chi connectivity index (χ3v) is 2.69. The second-order valence-corrected chi connectivity index (χ2v) is 4.22. The Hall–Kier alpha value is -2.01. The zero-order valence-electron chi connectivity index (χ0n) is 11.5. The van der Waals surface area contributed by atoms with Crippen molar-refractivity contribution in [3.63, 3.8) is 0 Å². The largest absolute Gasteiger partial charge is 0.378 e. The van der Waals surface area contributed by atoms with E-state index in [2.05, 4.69) is 20.3 Å². The molecule has 0 amide bonds. The van der Waals surface area contributed by atoms with E-state index in [4.69, 9.17) is 4.74 Å². The van der Waals surface area contributed by atoms with Crippen LogP contribution >= 0.6 is 0 Å². The fourth-order valence-electron chi connectivity index (χ4n) is 1.84. The van der Waals surface area contributed by atoms with Gasteiger partial charge in [-0.2, -0.15) is 0 Å². The fraction of sp³-hybridized carbons (Fsp3) is 0.357. The van der Waals surface area contributed by atoms with Crippen LogP contribution in [0.25, 0.3) is 11.4 Å². The van der Waals surface area contributed by atoms with Crippen LogP contribution in [0.1, 0.15) is 18.2 Å². The summed E-state index contributed by atoms with van der Waals surface area (Å²) in [5, 5.41) is 3.21. The average Bonchev–Trinajstić information content (AvgIpc) is 2.40. The molecule has 1 N–H and O–H groups in total. The number of pyridine rings is 1. The molecule has 2 rings (SSSR count). The van der Waals surface area contributed by atoms with E-state index in [0.717, 1.165) is 29.2 Å². The molecule has 0 radical (unpaired) electrons. The third-order valence-electron chi connectivity index (χ3n) is 2.69. The van der Waals surface area contributed by atoms with Gasteiger partial charge in [0.05, 0.1) is 12.3 Å². The highest BCUT2D eigenvalue weighted by Gasteiger charge is 2.08. The molecule has 0 saturated heterocycles. The van der Waals surface area contributed by atoms with E-state index in [-0.39, 0.29) is 0 Å². The Kier molecular flexibility index (Phi) is 4.41. The van der Waals surface area contributed by atoms with Gasteiger partial charge in [-0.3, -0.25) is 4.98 Å². The van der Waals surface area contributed by atoms with Gasteiger partial charge in [0.25, 0.3) is 0 Å². The van der Waals surface area contributed by atoms with Crippen molar-refractivity contribution in [3.8, 4) is 11.4 Å². The van der Waals surface area contributed by atoms with Gasteiger partial charge < -0.3 is 10.1 Å². The molecule has 0 unspecified atom stereocenters. The summed E-state index contributed by atoms with van der Waals surface area (Å²) in [6, 6.07) is 3.84. The number of anilines is 1. The highest BCUT2D eigenvalue weighted by Crippen LogP contribution is 2.21. The van der Waals surface area contributed by atoms with E-state index in [0.29, 0.717) is 12.4 Å². The van der Waals surface area contributed by atoms with Gasteiger partial charge in [-0.1, -0.05) is 0 Å². The molecule has 0 spiro atoms. The standard InChI is InChI=1S/C14H18N4O/c1-4-16-13-7-11(9-19-3)17-14(18-13)12-5-6-15-8-10(12)2/h5-8H,4,9H2,1-3H3,(H,16,17,18). The number of hydrogen-bond donors (Lipinski definition) is 1. The minimum atomic E-state index is 0.470. The topological polar surface area (TPSA) is 59.9 Å². The molecule has 5 nitrogen and oxygen atoms in total. The molecule has 0 aliphatic carbocycles. The lowest BCUT2D eigenvalue weighted by molar-refractivity contribution is 0.181. The number of hydrogen-bond acceptors (Lipinski definition) is 5. The lowest BCUT2D eigenvalue weighted by Gasteiger charge is -2.10. The molecule has 0 bridgehead atoms. The molecule has 100 valence electrons. The van der Waals surface area contributed by atoms with Gasteiger partial charge in [0.1, 0.15) is 5.82 Å². The molecule has 0 aliphatic heterocycles. The number of aryl methyl sites for hydroxylation is 1. The summed E-state index contributed by atoms with van der Waals surface area (Å²) in [5.41, 5.74) is 2.91. The number of rotatable bonds is 5. The molecule has 5 heteroatoms. The van der Waals surface area contributed by atoms with Crippen molar-refractivity contribution in [3.05, 3.63) is 35.8 Å². The van der Waals surface area contributed by atoms with Crippen LogP contribution < -0.4 is 5.32 Å². The molecule has 0 fully saturated rings. The Balaban J connectivity index is 2.46. The SMILES string of the molecule is CCNc1cc(COC)nc(-c2ccncc2C)n1. The zero-order valence-corrected chi connectivity index (χ0v) is 11.5. The summed E-state index contributed by atoms with van der Waals surface area (Å²) in [6.07, 6.45) is 3.57. The Labute approximate surface area is 113 Å². The Morgan fingerprint density at radius 3 is 2.84 bits per heavy atom. The van der Waals surface area contributed by atoms with Gasteiger partial charge in [-0.25, -0.2) is 9.97 Å². The molecular weight excluding hydrogens is 240 g/mol. The molecule has 0 atom stereocenters. The van der Waals surface area contributed by atoms with E-state index in [1.807, 2.05) is 32.2 Å². The first kappa shape index (κ1) is 13.4. The minimum absolute atomic E-state index is 0.470. The number of methoxy groups -OCH3 is 1. The van der Waals surface area contributed by atoms with Crippen LogP contribution in [-0.4, -0.2) is 28.6 Å². The number of ether oxygens (including phenoxy) is 1. The Bertz CT molecular complexity index is 533. The van der Waals surface area contributed by atoms with E-state index >= 15 is 0 Å². The van der Waals surface area contributed by atoms with E-state index in [9.17, 15) is 0 Å². The third kappa shape index (κ3) is 3.26. The Morgan fingerprint density at radius 1 is 1.32 bits per heavy atom. The van der Waals surface area contributed by atoms with E-state index in [1.165, 1.54) is 0 Å². The second kappa shape index (κ2) is 6.24.